The summed E-state index contributed by atoms with van der Waals surface area (Å²) < 4.78 is 30.1. The van der Waals surface area contributed by atoms with E-state index in [4.69, 9.17) is 4.18 Å². The monoisotopic (exact) mass is 342 g/mol. The molecule has 0 aliphatic heterocycles. The summed E-state index contributed by atoms with van der Waals surface area (Å²) in [4.78, 5) is 15.2. The lowest BCUT2D eigenvalue weighted by Gasteiger charge is -2.09. The SMILES string of the molecule is CC(=O)Nc1ccc(S(=O)(=O)Oc2cccc3cccnc23)cc1. The summed E-state index contributed by atoms with van der Waals surface area (Å²) in [7, 11) is -4.00. The Morgan fingerprint density at radius 2 is 1.75 bits per heavy atom. The molecule has 0 saturated heterocycles. The molecule has 0 spiro atoms. The zero-order valence-corrected chi connectivity index (χ0v) is 13.6. The molecule has 1 aromatic heterocycles. The molecule has 0 saturated carbocycles. The number of benzene rings is 2. The van der Waals surface area contributed by atoms with Gasteiger partial charge in [0.1, 0.15) is 10.4 Å². The van der Waals surface area contributed by atoms with Gasteiger partial charge in [0.15, 0.2) is 5.75 Å². The van der Waals surface area contributed by atoms with E-state index in [0.717, 1.165) is 5.39 Å². The van der Waals surface area contributed by atoms with Crippen LogP contribution in [0.5, 0.6) is 5.75 Å². The number of amides is 1. The number of nitrogens with one attached hydrogen (secondary N) is 1. The van der Waals surface area contributed by atoms with E-state index in [1.54, 1.807) is 24.4 Å². The Hall–Kier alpha value is -2.93. The van der Waals surface area contributed by atoms with Gasteiger partial charge in [-0.05, 0) is 36.4 Å². The Morgan fingerprint density at radius 3 is 2.46 bits per heavy atom. The van der Waals surface area contributed by atoms with Crippen LogP contribution >= 0.6 is 0 Å². The second-order valence-corrected chi connectivity index (χ2v) is 6.62. The molecule has 3 rings (SSSR count). The zero-order chi connectivity index (χ0) is 17.2. The van der Waals surface area contributed by atoms with E-state index in [1.165, 1.54) is 31.2 Å². The Morgan fingerprint density at radius 1 is 1.04 bits per heavy atom. The summed E-state index contributed by atoms with van der Waals surface area (Å²) >= 11 is 0. The second kappa shape index (κ2) is 6.29. The molecule has 0 fully saturated rings. The fourth-order valence-electron chi connectivity index (χ4n) is 2.22. The number of carbonyl (C=O) groups is 1. The molecule has 1 amide bonds. The van der Waals surface area contributed by atoms with Crippen LogP contribution < -0.4 is 9.50 Å². The van der Waals surface area contributed by atoms with Gasteiger partial charge in [-0.25, -0.2) is 0 Å². The van der Waals surface area contributed by atoms with Crippen LogP contribution in [-0.4, -0.2) is 19.3 Å². The highest BCUT2D eigenvalue weighted by Gasteiger charge is 2.18. The molecule has 2 aromatic carbocycles. The van der Waals surface area contributed by atoms with Crippen LogP contribution in [0, 0.1) is 0 Å². The normalized spacial score (nSPS) is 11.2. The van der Waals surface area contributed by atoms with Crippen molar-refractivity contribution in [1.82, 2.24) is 4.98 Å². The Bertz CT molecular complexity index is 993. The molecule has 6 nitrogen and oxygen atoms in total. The van der Waals surface area contributed by atoms with Crippen molar-refractivity contribution >= 4 is 32.6 Å². The number of anilines is 1. The lowest BCUT2D eigenvalue weighted by Crippen LogP contribution is -2.11. The smallest absolute Gasteiger partial charge is 0.339 e. The van der Waals surface area contributed by atoms with E-state index in [9.17, 15) is 13.2 Å². The number of pyridine rings is 1. The van der Waals surface area contributed by atoms with Crippen molar-refractivity contribution in [2.75, 3.05) is 5.32 Å². The summed E-state index contributed by atoms with van der Waals surface area (Å²) in [5.41, 5.74) is 0.978. The first kappa shape index (κ1) is 15.9. The van der Waals surface area contributed by atoms with Gasteiger partial charge in [0, 0.05) is 24.2 Å². The maximum absolute atomic E-state index is 12.4. The van der Waals surface area contributed by atoms with Gasteiger partial charge in [-0.3, -0.25) is 9.78 Å². The summed E-state index contributed by atoms with van der Waals surface area (Å²) in [5.74, 6) is -0.0669. The fourth-order valence-corrected chi connectivity index (χ4v) is 3.15. The Kier molecular flexibility index (Phi) is 4.18. The van der Waals surface area contributed by atoms with E-state index in [1.807, 2.05) is 12.1 Å². The molecular weight excluding hydrogens is 328 g/mol. The first-order chi connectivity index (χ1) is 11.5. The zero-order valence-electron chi connectivity index (χ0n) is 12.8. The van der Waals surface area contributed by atoms with E-state index in [-0.39, 0.29) is 16.6 Å². The number of para-hydroxylation sites is 1. The van der Waals surface area contributed by atoms with Gasteiger partial charge in [-0.15, -0.1) is 0 Å². The third kappa shape index (κ3) is 3.36. The number of fused-ring (bicyclic) bond motifs is 1. The third-order valence-electron chi connectivity index (χ3n) is 3.26. The van der Waals surface area contributed by atoms with Gasteiger partial charge < -0.3 is 9.50 Å². The lowest BCUT2D eigenvalue weighted by molar-refractivity contribution is -0.114. The van der Waals surface area contributed by atoms with Gasteiger partial charge >= 0.3 is 10.1 Å². The molecule has 0 aliphatic rings. The van der Waals surface area contributed by atoms with Crippen LogP contribution in [0.4, 0.5) is 5.69 Å². The van der Waals surface area contributed by atoms with Crippen molar-refractivity contribution < 1.29 is 17.4 Å². The maximum Gasteiger partial charge on any atom is 0.339 e. The minimum absolute atomic E-state index is 0.00969. The molecule has 0 atom stereocenters. The highest BCUT2D eigenvalue weighted by Crippen LogP contribution is 2.26. The number of carbonyl (C=O) groups excluding carboxylic acids is 1. The minimum Gasteiger partial charge on any atom is -0.377 e. The lowest BCUT2D eigenvalue weighted by atomic mass is 10.2. The summed E-state index contributed by atoms with van der Waals surface area (Å²) in [6, 6.07) is 14.4. The van der Waals surface area contributed by atoms with Gasteiger partial charge in [0.2, 0.25) is 5.91 Å². The highest BCUT2D eigenvalue weighted by molar-refractivity contribution is 7.87. The number of hydrogen-bond donors (Lipinski definition) is 1. The van der Waals surface area contributed by atoms with Gasteiger partial charge in [-0.1, -0.05) is 18.2 Å². The molecule has 1 heterocycles. The molecule has 122 valence electrons. The molecule has 24 heavy (non-hydrogen) atoms. The predicted molar refractivity (Wildman–Crippen MR) is 90.3 cm³/mol. The molecule has 0 unspecified atom stereocenters. The van der Waals surface area contributed by atoms with Crippen molar-refractivity contribution in [3.8, 4) is 5.75 Å². The van der Waals surface area contributed by atoms with E-state index in [2.05, 4.69) is 10.3 Å². The molecule has 3 aromatic rings. The van der Waals surface area contributed by atoms with Crippen molar-refractivity contribution in [3.63, 3.8) is 0 Å². The second-order valence-electron chi connectivity index (χ2n) is 5.07. The fraction of sp³-hybridized carbons (Fsp3) is 0.0588. The third-order valence-corrected chi connectivity index (χ3v) is 4.51. The number of nitrogens with zero attached hydrogens (tertiary/aromatic N) is 1. The number of aromatic nitrogens is 1. The van der Waals surface area contributed by atoms with Crippen molar-refractivity contribution in [3.05, 3.63) is 60.8 Å². The topological polar surface area (TPSA) is 85.4 Å². The van der Waals surface area contributed by atoms with Crippen LogP contribution in [0.25, 0.3) is 10.9 Å². The van der Waals surface area contributed by atoms with Crippen LogP contribution in [0.2, 0.25) is 0 Å². The van der Waals surface area contributed by atoms with E-state index >= 15 is 0 Å². The molecule has 0 aliphatic carbocycles. The average Bonchev–Trinajstić information content (AvgIpc) is 2.55. The van der Waals surface area contributed by atoms with Crippen LogP contribution in [0.1, 0.15) is 6.92 Å². The first-order valence-corrected chi connectivity index (χ1v) is 8.52. The standard InChI is InChI=1S/C17H14N2O4S/c1-12(20)19-14-7-9-15(10-8-14)24(21,22)23-16-6-2-4-13-5-3-11-18-17(13)16/h2-11H,1H3,(H,19,20). The highest BCUT2D eigenvalue weighted by atomic mass is 32.2. The molecule has 0 bridgehead atoms. The van der Waals surface area contributed by atoms with Gasteiger partial charge in [0.25, 0.3) is 0 Å². The van der Waals surface area contributed by atoms with E-state index < -0.39 is 10.1 Å². The average molecular weight is 342 g/mol. The molecule has 7 heteroatoms. The largest absolute Gasteiger partial charge is 0.377 e. The van der Waals surface area contributed by atoms with Gasteiger partial charge in [0.05, 0.1) is 0 Å². The number of rotatable bonds is 4. The Balaban J connectivity index is 1.92. The van der Waals surface area contributed by atoms with Crippen LogP contribution in [-0.2, 0) is 14.9 Å². The summed E-state index contributed by atoms with van der Waals surface area (Å²) in [6.45, 7) is 1.38. The molecule has 0 radical (unpaired) electrons. The first-order valence-electron chi connectivity index (χ1n) is 7.11. The minimum atomic E-state index is -4.00. The quantitative estimate of drug-likeness (QED) is 0.737. The predicted octanol–water partition coefficient (Wildman–Crippen LogP) is 2.96. The van der Waals surface area contributed by atoms with Crippen molar-refractivity contribution in [2.45, 2.75) is 11.8 Å². The van der Waals surface area contributed by atoms with Gasteiger partial charge in [-0.2, -0.15) is 8.42 Å². The maximum atomic E-state index is 12.4. The van der Waals surface area contributed by atoms with E-state index in [0.29, 0.717) is 11.2 Å². The molecule has 1 N–H and O–H groups in total. The Labute approximate surface area is 139 Å². The summed E-state index contributed by atoms with van der Waals surface area (Å²) in [6.07, 6.45) is 1.57. The number of hydrogen-bond acceptors (Lipinski definition) is 5. The van der Waals surface area contributed by atoms with Crippen molar-refractivity contribution in [2.24, 2.45) is 0 Å². The summed E-state index contributed by atoms with van der Waals surface area (Å²) in [5, 5.41) is 3.36. The van der Waals surface area contributed by atoms with Crippen LogP contribution in [0.15, 0.2) is 65.7 Å². The van der Waals surface area contributed by atoms with Crippen LogP contribution in [0.3, 0.4) is 0 Å². The van der Waals surface area contributed by atoms with Crippen molar-refractivity contribution in [1.29, 1.82) is 0 Å². The molecular formula is C17H14N2O4S.